The van der Waals surface area contributed by atoms with Gasteiger partial charge in [0.05, 0.1) is 13.2 Å². The molecule has 6 rings (SSSR count). The molecule has 0 aliphatic heterocycles. The zero-order valence-corrected chi connectivity index (χ0v) is 32.1. The zero-order chi connectivity index (χ0) is 35.4. The average molecular weight is 699 g/mol. The molecule has 4 aliphatic rings. The lowest BCUT2D eigenvalue weighted by Crippen LogP contribution is -2.26. The van der Waals surface area contributed by atoms with Crippen molar-refractivity contribution in [1.82, 2.24) is 0 Å². The molecule has 0 N–H and O–H groups in total. The number of halogens is 2. The zero-order valence-electron chi connectivity index (χ0n) is 32.1. The van der Waals surface area contributed by atoms with Crippen molar-refractivity contribution < 1.29 is 13.5 Å². The van der Waals surface area contributed by atoms with Gasteiger partial charge in [-0.05, 0) is 171 Å². The molecule has 0 aromatic heterocycles. The van der Waals surface area contributed by atoms with Crippen molar-refractivity contribution in [3.8, 4) is 0 Å². The maximum atomic E-state index is 14.0. The summed E-state index contributed by atoms with van der Waals surface area (Å²) in [6.45, 7) is 5.76. The highest BCUT2D eigenvalue weighted by molar-refractivity contribution is 5.68. The van der Waals surface area contributed by atoms with Gasteiger partial charge in [-0.1, -0.05) is 102 Å². The predicted molar refractivity (Wildman–Crippen MR) is 211 cm³/mol. The summed E-state index contributed by atoms with van der Waals surface area (Å²) >= 11 is 0. The van der Waals surface area contributed by atoms with Gasteiger partial charge in [0.1, 0.15) is 11.6 Å². The molecule has 2 aromatic carbocycles. The van der Waals surface area contributed by atoms with Crippen LogP contribution in [0, 0.1) is 59.0 Å². The van der Waals surface area contributed by atoms with Crippen LogP contribution in [0.25, 0.3) is 11.1 Å². The van der Waals surface area contributed by atoms with E-state index < -0.39 is 0 Å². The maximum absolute atomic E-state index is 14.0. The molecular weight excluding hydrogens is 631 g/mol. The van der Waals surface area contributed by atoms with Crippen LogP contribution in [0.15, 0.2) is 60.7 Å². The van der Waals surface area contributed by atoms with Gasteiger partial charge in [-0.3, -0.25) is 0 Å². The lowest BCUT2D eigenvalue weighted by atomic mass is 9.67. The van der Waals surface area contributed by atoms with Crippen LogP contribution in [0.4, 0.5) is 8.78 Å². The number of ether oxygens (including phenoxy) is 1. The van der Waals surface area contributed by atoms with E-state index in [4.69, 9.17) is 4.74 Å². The van der Waals surface area contributed by atoms with Crippen LogP contribution in [0.2, 0.25) is 0 Å². The first-order valence-corrected chi connectivity index (χ1v) is 21.5. The summed E-state index contributed by atoms with van der Waals surface area (Å²) in [6, 6.07) is 14.3. The Kier molecular flexibility index (Phi) is 14.9. The van der Waals surface area contributed by atoms with E-state index in [2.05, 4.69) is 26.0 Å². The Bertz CT molecular complexity index is 1240. The van der Waals surface area contributed by atoms with E-state index in [9.17, 15) is 8.78 Å². The molecule has 0 heterocycles. The van der Waals surface area contributed by atoms with Crippen LogP contribution in [-0.2, 0) is 4.74 Å². The van der Waals surface area contributed by atoms with Crippen LogP contribution in [0.5, 0.6) is 0 Å². The molecule has 0 unspecified atom stereocenters. The van der Waals surface area contributed by atoms with Crippen molar-refractivity contribution in [2.24, 2.45) is 47.3 Å². The first-order chi connectivity index (χ1) is 25.0. The fourth-order valence-electron chi connectivity index (χ4n) is 11.2. The Morgan fingerprint density at radius 3 is 1.12 bits per heavy atom. The molecule has 51 heavy (non-hydrogen) atoms. The van der Waals surface area contributed by atoms with Gasteiger partial charge in [0, 0.05) is 0 Å². The maximum Gasteiger partial charge on any atom is 0.123 e. The van der Waals surface area contributed by atoms with E-state index >= 15 is 0 Å². The van der Waals surface area contributed by atoms with Crippen molar-refractivity contribution >= 4 is 11.1 Å². The minimum atomic E-state index is -0.177. The first-order valence-electron chi connectivity index (χ1n) is 21.5. The van der Waals surface area contributed by atoms with Crippen molar-refractivity contribution in [1.29, 1.82) is 0 Å². The Hall–Kier alpha value is -2.26. The van der Waals surface area contributed by atoms with Crippen LogP contribution >= 0.6 is 0 Å². The number of hydrogen-bond donors (Lipinski definition) is 0. The molecule has 0 spiro atoms. The largest absolute Gasteiger partial charge is 0.373 e. The summed E-state index contributed by atoms with van der Waals surface area (Å²) in [4.78, 5) is 0. The van der Waals surface area contributed by atoms with Crippen molar-refractivity contribution in [3.05, 3.63) is 83.4 Å². The number of benzene rings is 2. The molecule has 0 atom stereocenters. The van der Waals surface area contributed by atoms with Crippen LogP contribution < -0.4 is 0 Å². The highest BCUT2D eigenvalue weighted by Crippen LogP contribution is 2.46. The van der Waals surface area contributed by atoms with Crippen molar-refractivity contribution in [2.45, 2.75) is 142 Å². The molecule has 4 saturated carbocycles. The summed E-state index contributed by atoms with van der Waals surface area (Å²) in [5, 5.41) is 0. The Morgan fingerprint density at radius 1 is 0.490 bits per heavy atom. The molecule has 2 aromatic rings. The lowest BCUT2D eigenvalue weighted by Gasteiger charge is -2.38. The second-order valence-electron chi connectivity index (χ2n) is 17.2. The third-order valence-corrected chi connectivity index (χ3v) is 14.1. The number of rotatable bonds is 14. The van der Waals surface area contributed by atoms with Gasteiger partial charge >= 0.3 is 0 Å². The third-order valence-electron chi connectivity index (χ3n) is 14.1. The standard InChI is InChI=1S/C48H68F2O/c1-3-5-35-7-11-37(12-8-35)39-15-19-41(20-16-39)47(43-23-27-45(49)28-24-43)31-33-51-34-32-48(44-25-29-46(50)30-26-44)42-21-17-40(18-22-42)38-13-9-36(6-4-2)10-14-38/h23-32,35-42H,3-22,33-34H2,1-2H3/t35-,36-,37-,38-,39-,40-,41-,42-. The van der Waals surface area contributed by atoms with Gasteiger partial charge in [-0.25, -0.2) is 8.78 Å². The minimum absolute atomic E-state index is 0.177. The molecule has 4 aliphatic carbocycles. The molecule has 0 radical (unpaired) electrons. The van der Waals surface area contributed by atoms with E-state index in [-0.39, 0.29) is 11.6 Å². The van der Waals surface area contributed by atoms with Gasteiger partial charge in [-0.2, -0.15) is 0 Å². The van der Waals surface area contributed by atoms with E-state index in [0.29, 0.717) is 25.0 Å². The predicted octanol–water partition coefficient (Wildman–Crippen LogP) is 14.3. The first kappa shape index (κ1) is 38.5. The normalized spacial score (nSPS) is 31.1. The molecule has 3 heteroatoms. The molecule has 4 fully saturated rings. The van der Waals surface area contributed by atoms with Gasteiger partial charge in [0.15, 0.2) is 0 Å². The van der Waals surface area contributed by atoms with Crippen LogP contribution in [0.3, 0.4) is 0 Å². The van der Waals surface area contributed by atoms with Crippen molar-refractivity contribution in [2.75, 3.05) is 13.2 Å². The van der Waals surface area contributed by atoms with Gasteiger partial charge < -0.3 is 4.74 Å². The average Bonchev–Trinajstić information content (AvgIpc) is 3.17. The smallest absolute Gasteiger partial charge is 0.123 e. The molecular formula is C48H68F2O. The summed E-state index contributed by atoms with van der Waals surface area (Å²) in [5.41, 5.74) is 4.96. The summed E-state index contributed by atoms with van der Waals surface area (Å²) < 4.78 is 34.3. The number of hydrogen-bond acceptors (Lipinski definition) is 1. The second-order valence-corrected chi connectivity index (χ2v) is 17.2. The van der Waals surface area contributed by atoms with E-state index in [1.54, 1.807) is 24.3 Å². The van der Waals surface area contributed by atoms with E-state index in [1.165, 1.54) is 140 Å². The quantitative estimate of drug-likeness (QED) is 0.178. The van der Waals surface area contributed by atoms with Gasteiger partial charge in [0.25, 0.3) is 0 Å². The second kappa shape index (κ2) is 19.7. The molecule has 0 saturated heterocycles. The Balaban J connectivity index is 1.06. The fourth-order valence-corrected chi connectivity index (χ4v) is 11.2. The van der Waals surface area contributed by atoms with Gasteiger partial charge in [0.2, 0.25) is 0 Å². The van der Waals surface area contributed by atoms with Crippen molar-refractivity contribution in [3.63, 3.8) is 0 Å². The topological polar surface area (TPSA) is 9.23 Å². The van der Waals surface area contributed by atoms with Gasteiger partial charge in [-0.15, -0.1) is 0 Å². The van der Waals surface area contributed by atoms with Crippen LogP contribution in [0.1, 0.15) is 153 Å². The van der Waals surface area contributed by atoms with E-state index in [0.717, 1.165) is 46.6 Å². The molecule has 1 nitrogen and oxygen atoms in total. The lowest BCUT2D eigenvalue weighted by molar-refractivity contribution is 0.153. The Morgan fingerprint density at radius 2 is 0.804 bits per heavy atom. The highest BCUT2D eigenvalue weighted by atomic mass is 19.1. The number of allylic oxidation sites excluding steroid dienone is 2. The summed E-state index contributed by atoms with van der Waals surface area (Å²) in [5.74, 6) is 6.19. The highest BCUT2D eigenvalue weighted by Gasteiger charge is 2.33. The fraction of sp³-hybridized carbons (Fsp3) is 0.667. The molecule has 280 valence electrons. The van der Waals surface area contributed by atoms with E-state index in [1.807, 2.05) is 24.3 Å². The Labute approximate surface area is 310 Å². The summed E-state index contributed by atoms with van der Waals surface area (Å²) in [6.07, 6.45) is 31.7. The van der Waals surface area contributed by atoms with Crippen LogP contribution in [-0.4, -0.2) is 13.2 Å². The SMILES string of the molecule is CCC[C@H]1CC[C@H]([C@H]2CC[C@H](C(=CCOCC=C(c3ccc(F)cc3)[C@H]3CC[C@H]([C@H]4CC[C@H](CCC)CC4)CC3)c3ccc(F)cc3)CC2)CC1. The molecule has 0 amide bonds. The molecule has 0 bridgehead atoms. The third kappa shape index (κ3) is 10.9. The monoisotopic (exact) mass is 699 g/mol. The minimum Gasteiger partial charge on any atom is -0.373 e. The summed E-state index contributed by atoms with van der Waals surface area (Å²) in [7, 11) is 0.